The van der Waals surface area contributed by atoms with Gasteiger partial charge in [0.15, 0.2) is 0 Å². The molecule has 1 atom stereocenters. The van der Waals surface area contributed by atoms with Crippen molar-refractivity contribution < 1.29 is 14.3 Å². The lowest BCUT2D eigenvalue weighted by atomic mass is 10.0. The Hall–Kier alpha value is -0.840. The van der Waals surface area contributed by atoms with Gasteiger partial charge in [-0.3, -0.25) is 4.79 Å². The maximum absolute atomic E-state index is 13.3. The van der Waals surface area contributed by atoms with Crippen LogP contribution in [0.5, 0.6) is 0 Å². The molecule has 0 unspecified atom stereocenters. The molecule has 0 aromatic heterocycles. The highest BCUT2D eigenvalue weighted by atomic mass is 35.5. The Morgan fingerprint density at radius 3 is 2.50 bits per heavy atom. The molecular weight excluding hydrogens is 280 g/mol. The summed E-state index contributed by atoms with van der Waals surface area (Å²) in [5.74, 6) is -1.20. The van der Waals surface area contributed by atoms with E-state index in [4.69, 9.17) is 28.3 Å². The molecule has 18 heavy (non-hydrogen) atoms. The number of benzene rings is 1. The topological polar surface area (TPSA) is 49.3 Å². The van der Waals surface area contributed by atoms with E-state index in [1.807, 2.05) is 13.8 Å². The number of aliphatic hydroxyl groups is 1. The summed E-state index contributed by atoms with van der Waals surface area (Å²) < 4.78 is 13.3. The van der Waals surface area contributed by atoms with E-state index < -0.39 is 17.8 Å². The summed E-state index contributed by atoms with van der Waals surface area (Å²) in [5.41, 5.74) is -0.00216. The third-order valence-electron chi connectivity index (χ3n) is 2.57. The molecule has 3 nitrogen and oxygen atoms in total. The van der Waals surface area contributed by atoms with E-state index in [0.29, 0.717) is 0 Å². The van der Waals surface area contributed by atoms with E-state index in [-0.39, 0.29) is 28.1 Å². The van der Waals surface area contributed by atoms with Crippen LogP contribution >= 0.6 is 23.2 Å². The van der Waals surface area contributed by atoms with E-state index in [2.05, 4.69) is 5.32 Å². The fourth-order valence-electron chi connectivity index (χ4n) is 1.37. The molecule has 0 aliphatic rings. The summed E-state index contributed by atoms with van der Waals surface area (Å²) in [4.78, 5) is 11.9. The van der Waals surface area contributed by atoms with E-state index in [1.165, 1.54) is 6.07 Å². The molecule has 0 radical (unpaired) electrons. The number of halogens is 3. The van der Waals surface area contributed by atoms with E-state index in [1.54, 1.807) is 0 Å². The quantitative estimate of drug-likeness (QED) is 0.839. The Labute approximate surface area is 115 Å². The molecule has 1 aromatic carbocycles. The zero-order valence-corrected chi connectivity index (χ0v) is 11.5. The summed E-state index contributed by atoms with van der Waals surface area (Å²) in [6.07, 6.45) is 0. The largest absolute Gasteiger partial charge is 0.394 e. The van der Waals surface area contributed by atoms with Gasteiger partial charge < -0.3 is 10.4 Å². The summed E-state index contributed by atoms with van der Waals surface area (Å²) >= 11 is 11.4. The Bertz CT molecular complexity index is 452. The number of nitrogens with one attached hydrogen (secondary N) is 1. The number of rotatable bonds is 4. The molecule has 0 saturated heterocycles. The van der Waals surface area contributed by atoms with Gasteiger partial charge in [0.05, 0.1) is 28.3 Å². The number of aliphatic hydroxyl groups excluding tert-OH is 1. The van der Waals surface area contributed by atoms with Gasteiger partial charge in [-0.1, -0.05) is 37.0 Å². The van der Waals surface area contributed by atoms with Crippen molar-refractivity contribution in [1.29, 1.82) is 0 Å². The second-order valence-electron chi connectivity index (χ2n) is 4.25. The van der Waals surface area contributed by atoms with Crippen molar-refractivity contribution in [1.82, 2.24) is 5.32 Å². The van der Waals surface area contributed by atoms with E-state index in [9.17, 15) is 9.18 Å². The smallest absolute Gasteiger partial charge is 0.253 e. The van der Waals surface area contributed by atoms with Crippen LogP contribution in [0, 0.1) is 11.7 Å². The molecule has 0 fully saturated rings. The molecule has 0 aliphatic carbocycles. The van der Waals surface area contributed by atoms with Crippen LogP contribution in [0.25, 0.3) is 0 Å². The first kappa shape index (κ1) is 15.2. The van der Waals surface area contributed by atoms with Gasteiger partial charge in [0.1, 0.15) is 5.82 Å². The summed E-state index contributed by atoms with van der Waals surface area (Å²) in [6.45, 7) is 3.51. The molecule has 1 amide bonds. The van der Waals surface area contributed by atoms with Gasteiger partial charge in [0.25, 0.3) is 5.91 Å². The Morgan fingerprint density at radius 1 is 1.39 bits per heavy atom. The number of carbonyl (C=O) groups excluding carboxylic acids is 1. The highest BCUT2D eigenvalue weighted by Crippen LogP contribution is 2.24. The van der Waals surface area contributed by atoms with Crippen LogP contribution in [0.1, 0.15) is 24.2 Å². The molecule has 1 aromatic rings. The minimum atomic E-state index is -0.712. The second kappa shape index (κ2) is 6.36. The van der Waals surface area contributed by atoms with Crippen LogP contribution in [0.15, 0.2) is 12.1 Å². The van der Waals surface area contributed by atoms with Gasteiger partial charge in [-0.05, 0) is 18.1 Å². The predicted octanol–water partition coefficient (Wildman–Crippen LogP) is 2.88. The van der Waals surface area contributed by atoms with Crippen molar-refractivity contribution in [3.8, 4) is 0 Å². The SMILES string of the molecule is CC(C)[C@@H](CO)NC(=O)c1cc(F)c(Cl)cc1Cl. The van der Waals surface area contributed by atoms with Crippen LogP contribution in [0.3, 0.4) is 0 Å². The fraction of sp³-hybridized carbons (Fsp3) is 0.417. The van der Waals surface area contributed by atoms with Crippen molar-refractivity contribution in [2.75, 3.05) is 6.61 Å². The summed E-state index contributed by atoms with van der Waals surface area (Å²) in [7, 11) is 0. The Kier molecular flexibility index (Phi) is 5.38. The molecule has 2 N–H and O–H groups in total. The maximum atomic E-state index is 13.3. The van der Waals surface area contributed by atoms with Crippen molar-refractivity contribution in [2.24, 2.45) is 5.92 Å². The fourth-order valence-corrected chi connectivity index (χ4v) is 1.83. The average molecular weight is 294 g/mol. The van der Waals surface area contributed by atoms with Crippen molar-refractivity contribution in [3.05, 3.63) is 33.6 Å². The molecule has 0 spiro atoms. The molecule has 1 rings (SSSR count). The summed E-state index contributed by atoms with van der Waals surface area (Å²) in [6, 6.07) is 1.75. The van der Waals surface area contributed by atoms with Crippen LogP contribution in [0.4, 0.5) is 4.39 Å². The number of hydrogen-bond acceptors (Lipinski definition) is 2. The molecule has 0 bridgehead atoms. The highest BCUT2D eigenvalue weighted by Gasteiger charge is 2.19. The van der Waals surface area contributed by atoms with Gasteiger partial charge >= 0.3 is 0 Å². The molecule has 6 heteroatoms. The molecular formula is C12H14Cl2FNO2. The Morgan fingerprint density at radius 2 is 2.00 bits per heavy atom. The first-order valence-corrected chi connectivity index (χ1v) is 6.18. The lowest BCUT2D eigenvalue weighted by Crippen LogP contribution is -2.41. The lowest BCUT2D eigenvalue weighted by Gasteiger charge is -2.20. The van der Waals surface area contributed by atoms with Crippen molar-refractivity contribution in [3.63, 3.8) is 0 Å². The van der Waals surface area contributed by atoms with E-state index >= 15 is 0 Å². The predicted molar refractivity (Wildman–Crippen MR) is 69.6 cm³/mol. The minimum absolute atomic E-state index is 0.00216. The van der Waals surface area contributed by atoms with Gasteiger partial charge in [0.2, 0.25) is 0 Å². The standard InChI is InChI=1S/C12H14Cl2FNO2/c1-6(2)11(5-17)16-12(18)7-3-10(15)9(14)4-8(7)13/h3-4,6,11,17H,5H2,1-2H3,(H,16,18)/t11-/m1/s1. The number of amides is 1. The van der Waals surface area contributed by atoms with Crippen LogP contribution in [-0.4, -0.2) is 23.7 Å². The zero-order valence-electron chi connectivity index (χ0n) is 10.0. The highest BCUT2D eigenvalue weighted by molar-refractivity contribution is 6.36. The first-order valence-electron chi connectivity index (χ1n) is 5.43. The lowest BCUT2D eigenvalue weighted by molar-refractivity contribution is 0.0896. The third-order valence-corrected chi connectivity index (χ3v) is 3.17. The van der Waals surface area contributed by atoms with E-state index in [0.717, 1.165) is 6.07 Å². The maximum Gasteiger partial charge on any atom is 0.253 e. The number of hydrogen-bond donors (Lipinski definition) is 2. The minimum Gasteiger partial charge on any atom is -0.394 e. The van der Waals surface area contributed by atoms with Gasteiger partial charge in [-0.25, -0.2) is 4.39 Å². The molecule has 0 saturated carbocycles. The van der Waals surface area contributed by atoms with Crippen molar-refractivity contribution >= 4 is 29.1 Å². The van der Waals surface area contributed by atoms with Gasteiger partial charge in [-0.15, -0.1) is 0 Å². The van der Waals surface area contributed by atoms with Gasteiger partial charge in [0, 0.05) is 0 Å². The molecule has 0 heterocycles. The second-order valence-corrected chi connectivity index (χ2v) is 5.07. The summed E-state index contributed by atoms with van der Waals surface area (Å²) in [5, 5.41) is 11.6. The normalized spacial score (nSPS) is 12.6. The van der Waals surface area contributed by atoms with Crippen molar-refractivity contribution in [2.45, 2.75) is 19.9 Å². The number of carbonyl (C=O) groups is 1. The average Bonchev–Trinajstić information content (AvgIpc) is 2.29. The van der Waals surface area contributed by atoms with Crippen LogP contribution in [0.2, 0.25) is 10.0 Å². The first-order chi connectivity index (χ1) is 8.36. The Balaban J connectivity index is 2.94. The van der Waals surface area contributed by atoms with Gasteiger partial charge in [-0.2, -0.15) is 0 Å². The molecule has 0 aliphatic heterocycles. The molecule has 100 valence electrons. The van der Waals surface area contributed by atoms with Crippen LogP contribution in [-0.2, 0) is 0 Å². The third kappa shape index (κ3) is 3.57. The van der Waals surface area contributed by atoms with Crippen LogP contribution < -0.4 is 5.32 Å². The monoisotopic (exact) mass is 293 g/mol. The zero-order chi connectivity index (χ0) is 13.9.